The number of ether oxygens (including phenoxy) is 1. The van der Waals surface area contributed by atoms with Crippen molar-refractivity contribution >= 4 is 6.98 Å². The molecule has 0 radical (unpaired) electrons. The van der Waals surface area contributed by atoms with Gasteiger partial charge in [-0.3, -0.25) is 4.48 Å². The van der Waals surface area contributed by atoms with Gasteiger partial charge in [0.05, 0.1) is 25.7 Å². The summed E-state index contributed by atoms with van der Waals surface area (Å²) in [5, 5.41) is 0. The van der Waals surface area contributed by atoms with Gasteiger partial charge < -0.3 is 17.7 Å². The van der Waals surface area contributed by atoms with Gasteiger partial charge in [0.15, 0.2) is 6.73 Å². The smallest absolute Gasteiger partial charge is 0.445 e. The van der Waals surface area contributed by atoms with Crippen LogP contribution >= 0.6 is 0 Å². The molecule has 1 aliphatic rings. The monoisotopic (exact) mass is 373 g/mol. The summed E-state index contributed by atoms with van der Waals surface area (Å²) in [5.74, 6) is -6.56. The number of rotatable bonds is 6. The standard InChI is InChI=1S/C11H24NO.C2BF8/c1-4-9-13-10-12(11(2)3)7-5-6-8-12;4-1(5,2(6,7)8)3(9,10)11/h11H,4-10H2,1-3H3;/q+1;-1. The van der Waals surface area contributed by atoms with E-state index < -0.39 is 19.0 Å². The second-order valence-electron chi connectivity index (χ2n) is 6.20. The fourth-order valence-corrected chi connectivity index (χ4v) is 2.34. The zero-order valence-corrected chi connectivity index (χ0v) is 14.0. The van der Waals surface area contributed by atoms with Gasteiger partial charge in [-0.1, -0.05) is 6.92 Å². The topological polar surface area (TPSA) is 9.23 Å². The maximum atomic E-state index is 11.2. The number of quaternary nitrogens is 1. The Kier molecular flexibility index (Phi) is 8.48. The molecule has 1 heterocycles. The molecule has 0 aromatic carbocycles. The highest BCUT2D eigenvalue weighted by atomic mass is 19.4. The normalized spacial score (nSPS) is 18.5. The number of alkyl halides is 5. The second-order valence-corrected chi connectivity index (χ2v) is 6.20. The molecule has 1 aliphatic heterocycles. The number of hydrogen-bond donors (Lipinski definition) is 0. The van der Waals surface area contributed by atoms with Crippen molar-refractivity contribution in [1.29, 1.82) is 0 Å². The average molecular weight is 373 g/mol. The largest absolute Gasteiger partial charge is 0.558 e. The molecule has 0 N–H and O–H groups in total. The van der Waals surface area contributed by atoms with Crippen molar-refractivity contribution in [3.05, 3.63) is 0 Å². The van der Waals surface area contributed by atoms with E-state index in [1.807, 2.05) is 0 Å². The van der Waals surface area contributed by atoms with E-state index in [1.165, 1.54) is 30.4 Å². The third-order valence-corrected chi connectivity index (χ3v) is 4.04. The van der Waals surface area contributed by atoms with E-state index in [2.05, 4.69) is 20.8 Å². The molecular weight excluding hydrogens is 349 g/mol. The minimum Gasteiger partial charge on any atom is -0.445 e. The highest BCUT2D eigenvalue weighted by Crippen LogP contribution is 2.44. The summed E-state index contributed by atoms with van der Waals surface area (Å²) in [6.45, 7) is 4.10. The molecule has 24 heavy (non-hydrogen) atoms. The van der Waals surface area contributed by atoms with Crippen molar-refractivity contribution in [3.63, 3.8) is 0 Å². The Balaban J connectivity index is 0.000000449. The highest BCUT2D eigenvalue weighted by Gasteiger charge is 2.69. The first-order chi connectivity index (χ1) is 10.7. The number of likely N-dealkylation sites (tertiary alicyclic amines) is 1. The Morgan fingerprint density at radius 2 is 1.46 bits per heavy atom. The summed E-state index contributed by atoms with van der Waals surface area (Å²) < 4.78 is 94.7. The molecule has 1 rings (SSSR count). The predicted molar refractivity (Wildman–Crippen MR) is 75.6 cm³/mol. The molecule has 0 unspecified atom stereocenters. The molecule has 0 aromatic heterocycles. The van der Waals surface area contributed by atoms with Crippen LogP contribution in [0.25, 0.3) is 0 Å². The van der Waals surface area contributed by atoms with Crippen LogP contribution in [0.4, 0.5) is 34.9 Å². The summed E-state index contributed by atoms with van der Waals surface area (Å²) >= 11 is 0. The van der Waals surface area contributed by atoms with Crippen LogP contribution in [0.2, 0.25) is 0 Å². The molecule has 11 heteroatoms. The lowest BCUT2D eigenvalue weighted by atomic mass is 9.80. The lowest BCUT2D eigenvalue weighted by Gasteiger charge is -2.37. The van der Waals surface area contributed by atoms with Crippen LogP contribution < -0.4 is 0 Å². The number of nitrogens with zero attached hydrogens (tertiary/aromatic N) is 1. The molecule has 1 saturated heterocycles. The van der Waals surface area contributed by atoms with Gasteiger partial charge in [0.25, 0.3) is 0 Å². The van der Waals surface area contributed by atoms with Gasteiger partial charge in [-0.25, -0.2) is 8.78 Å². The van der Waals surface area contributed by atoms with Crippen LogP contribution in [0.1, 0.15) is 40.0 Å². The zero-order chi connectivity index (χ0) is 19.2. The van der Waals surface area contributed by atoms with Crippen molar-refractivity contribution < 1.29 is 44.1 Å². The zero-order valence-electron chi connectivity index (χ0n) is 14.0. The fourth-order valence-electron chi connectivity index (χ4n) is 2.34. The quantitative estimate of drug-likeness (QED) is 0.277. The molecule has 0 spiro atoms. The summed E-state index contributed by atoms with van der Waals surface area (Å²) in [4.78, 5) is 0. The van der Waals surface area contributed by atoms with Crippen molar-refractivity contribution in [2.75, 3.05) is 26.4 Å². The van der Waals surface area contributed by atoms with E-state index in [-0.39, 0.29) is 0 Å². The molecule has 0 atom stereocenters. The van der Waals surface area contributed by atoms with Crippen LogP contribution in [0, 0.1) is 0 Å². The van der Waals surface area contributed by atoms with Crippen molar-refractivity contribution in [3.8, 4) is 0 Å². The predicted octanol–water partition coefficient (Wildman–Crippen LogP) is 4.96. The molecule has 0 bridgehead atoms. The van der Waals surface area contributed by atoms with Crippen LogP contribution in [-0.2, 0) is 4.74 Å². The van der Waals surface area contributed by atoms with Gasteiger partial charge in [-0.2, -0.15) is 13.2 Å². The first-order valence-electron chi connectivity index (χ1n) is 7.78. The Bertz CT molecular complexity index is 348. The van der Waals surface area contributed by atoms with Crippen molar-refractivity contribution in [1.82, 2.24) is 0 Å². The molecule has 0 aliphatic carbocycles. The first kappa shape index (κ1) is 23.4. The van der Waals surface area contributed by atoms with E-state index in [1.54, 1.807) is 0 Å². The lowest BCUT2D eigenvalue weighted by molar-refractivity contribution is -0.954. The molecule has 2 nitrogen and oxygen atoms in total. The van der Waals surface area contributed by atoms with Gasteiger partial charge in [0, 0.05) is 12.8 Å². The Labute approximate surface area is 136 Å². The third-order valence-electron chi connectivity index (χ3n) is 4.04. The fraction of sp³-hybridized carbons (Fsp3) is 1.00. The third kappa shape index (κ3) is 6.05. The van der Waals surface area contributed by atoms with Gasteiger partial charge in [0.2, 0.25) is 0 Å². The van der Waals surface area contributed by atoms with E-state index in [0.717, 1.165) is 25.8 Å². The maximum absolute atomic E-state index is 11.2. The second kappa shape index (κ2) is 8.69. The molecule has 0 saturated carbocycles. The van der Waals surface area contributed by atoms with Gasteiger partial charge in [0.1, 0.15) is 0 Å². The van der Waals surface area contributed by atoms with Gasteiger partial charge in [-0.05, 0) is 20.3 Å². The minimum atomic E-state index is -7.21. The maximum Gasteiger partial charge on any atom is 0.558 e. The van der Waals surface area contributed by atoms with Crippen LogP contribution in [-0.4, -0.2) is 55.9 Å². The minimum absolute atomic E-state index is 0.722. The number of halogens is 8. The molecular formula is C13H24BF8NO. The van der Waals surface area contributed by atoms with Crippen LogP contribution in [0.3, 0.4) is 0 Å². The Morgan fingerprint density at radius 1 is 1.00 bits per heavy atom. The molecule has 0 amide bonds. The summed E-state index contributed by atoms with van der Waals surface area (Å²) in [5.41, 5.74) is 0. The molecule has 146 valence electrons. The molecule has 0 aromatic rings. The highest BCUT2D eigenvalue weighted by molar-refractivity contribution is 6.61. The van der Waals surface area contributed by atoms with E-state index in [0.29, 0.717) is 0 Å². The van der Waals surface area contributed by atoms with Crippen molar-refractivity contribution in [2.24, 2.45) is 0 Å². The van der Waals surface area contributed by atoms with E-state index in [9.17, 15) is 34.9 Å². The van der Waals surface area contributed by atoms with Crippen LogP contribution in [0.5, 0.6) is 0 Å². The molecule has 1 fully saturated rings. The average Bonchev–Trinajstić information content (AvgIpc) is 2.87. The summed E-state index contributed by atoms with van der Waals surface area (Å²) in [6.07, 6.45) is -2.65. The summed E-state index contributed by atoms with van der Waals surface area (Å²) in [7, 11) is 0. The lowest BCUT2D eigenvalue weighted by Crippen LogP contribution is -2.53. The Hall–Kier alpha value is -0.575. The van der Waals surface area contributed by atoms with Gasteiger partial charge in [-0.15, -0.1) is 0 Å². The van der Waals surface area contributed by atoms with Crippen LogP contribution in [0.15, 0.2) is 0 Å². The first-order valence-corrected chi connectivity index (χ1v) is 7.78. The van der Waals surface area contributed by atoms with E-state index in [4.69, 9.17) is 4.74 Å². The van der Waals surface area contributed by atoms with Crippen molar-refractivity contribution in [2.45, 2.75) is 58.1 Å². The summed E-state index contributed by atoms with van der Waals surface area (Å²) in [6, 6.07) is 0.722. The number of hydrogen-bond acceptors (Lipinski definition) is 1. The van der Waals surface area contributed by atoms with E-state index >= 15 is 0 Å². The van der Waals surface area contributed by atoms with Gasteiger partial charge >= 0.3 is 19.0 Å². The Morgan fingerprint density at radius 3 is 1.71 bits per heavy atom. The SMILES string of the molecule is CCCOC[N+]1(C(C)C)CCCC1.F[B-](F)(F)C(F)(F)C(F)(F)F.